The molecule has 20 heavy (non-hydrogen) atoms. The fourth-order valence-electron chi connectivity index (χ4n) is 2.15. The summed E-state index contributed by atoms with van der Waals surface area (Å²) in [6.07, 6.45) is 1.70. The predicted octanol–water partition coefficient (Wildman–Crippen LogP) is 2.09. The molecule has 0 atom stereocenters. The van der Waals surface area contributed by atoms with Crippen molar-refractivity contribution in [2.45, 2.75) is 18.9 Å². The number of carbonyl (C=O) groups excluding carboxylic acids is 1. The molecular formula is C13H16BrF2N3O. The highest BCUT2D eigenvalue weighted by Gasteiger charge is 2.19. The number of hydrogen-bond donors (Lipinski definition) is 2. The number of nitrogens with two attached hydrogens (primary N) is 1. The molecule has 0 unspecified atom stereocenters. The Bertz CT molecular complexity index is 481. The molecule has 1 aromatic rings. The Kier molecular flexibility index (Phi) is 5.06. The lowest BCUT2D eigenvalue weighted by Crippen LogP contribution is -2.43. The molecule has 7 heteroatoms. The Morgan fingerprint density at radius 3 is 2.65 bits per heavy atom. The molecule has 4 nitrogen and oxygen atoms in total. The molecular weight excluding hydrogens is 332 g/mol. The lowest BCUT2D eigenvalue weighted by molar-refractivity contribution is -0.117. The summed E-state index contributed by atoms with van der Waals surface area (Å²) < 4.78 is 26.7. The van der Waals surface area contributed by atoms with Gasteiger partial charge in [0.1, 0.15) is 5.82 Å². The van der Waals surface area contributed by atoms with Crippen LogP contribution in [0, 0.1) is 11.6 Å². The Balaban J connectivity index is 1.95. The van der Waals surface area contributed by atoms with E-state index in [9.17, 15) is 13.6 Å². The van der Waals surface area contributed by atoms with Crippen LogP contribution < -0.4 is 11.1 Å². The zero-order valence-corrected chi connectivity index (χ0v) is 12.4. The summed E-state index contributed by atoms with van der Waals surface area (Å²) in [7, 11) is 0. The minimum Gasteiger partial charge on any atom is -0.328 e. The summed E-state index contributed by atoms with van der Waals surface area (Å²) in [5, 5.41) is 2.46. The number of anilines is 1. The maximum Gasteiger partial charge on any atom is 0.238 e. The highest BCUT2D eigenvalue weighted by atomic mass is 79.9. The molecule has 1 aliphatic rings. The largest absolute Gasteiger partial charge is 0.328 e. The van der Waals surface area contributed by atoms with Gasteiger partial charge in [-0.05, 0) is 34.8 Å². The van der Waals surface area contributed by atoms with E-state index in [1.165, 1.54) is 0 Å². The average Bonchev–Trinajstić information content (AvgIpc) is 2.36. The van der Waals surface area contributed by atoms with E-state index in [1.54, 1.807) is 0 Å². The third kappa shape index (κ3) is 3.97. The number of nitrogens with one attached hydrogen (secondary N) is 1. The number of halogens is 3. The molecule has 110 valence electrons. The Morgan fingerprint density at radius 2 is 2.05 bits per heavy atom. The van der Waals surface area contributed by atoms with E-state index in [2.05, 4.69) is 21.2 Å². The number of benzene rings is 1. The smallest absolute Gasteiger partial charge is 0.238 e. The van der Waals surface area contributed by atoms with Crippen LogP contribution in [0.2, 0.25) is 0 Å². The van der Waals surface area contributed by atoms with E-state index in [0.29, 0.717) is 0 Å². The number of amides is 1. The molecule has 0 aliphatic carbocycles. The Labute approximate surface area is 124 Å². The van der Waals surface area contributed by atoms with Crippen molar-refractivity contribution in [3.8, 4) is 0 Å². The van der Waals surface area contributed by atoms with Gasteiger partial charge in [0.25, 0.3) is 0 Å². The lowest BCUT2D eigenvalue weighted by atomic mass is 10.1. The fraction of sp³-hybridized carbons (Fsp3) is 0.462. The highest BCUT2D eigenvalue weighted by Crippen LogP contribution is 2.26. The van der Waals surface area contributed by atoms with Crippen LogP contribution in [-0.2, 0) is 4.79 Å². The summed E-state index contributed by atoms with van der Waals surface area (Å²) in [6, 6.07) is 2.04. The summed E-state index contributed by atoms with van der Waals surface area (Å²) in [4.78, 5) is 13.9. The first-order chi connectivity index (χ1) is 9.45. The van der Waals surface area contributed by atoms with Crippen LogP contribution in [0.25, 0.3) is 0 Å². The number of nitrogens with zero attached hydrogens (tertiary/aromatic N) is 1. The summed E-state index contributed by atoms with van der Waals surface area (Å²) in [5.41, 5.74) is 5.75. The predicted molar refractivity (Wildman–Crippen MR) is 76.3 cm³/mol. The second-order valence-corrected chi connectivity index (χ2v) is 5.76. The molecule has 2 rings (SSSR count). The second kappa shape index (κ2) is 6.60. The van der Waals surface area contributed by atoms with Gasteiger partial charge in [-0.1, -0.05) is 0 Å². The van der Waals surface area contributed by atoms with Crippen molar-refractivity contribution >= 4 is 27.5 Å². The van der Waals surface area contributed by atoms with Crippen LogP contribution >= 0.6 is 15.9 Å². The molecule has 1 saturated heterocycles. The van der Waals surface area contributed by atoms with Gasteiger partial charge in [0.05, 0.1) is 12.2 Å². The van der Waals surface area contributed by atoms with Gasteiger partial charge in [-0.25, -0.2) is 8.78 Å². The number of carbonyl (C=O) groups is 1. The van der Waals surface area contributed by atoms with Gasteiger partial charge in [0.15, 0.2) is 5.82 Å². The van der Waals surface area contributed by atoms with Gasteiger partial charge >= 0.3 is 0 Å². The maximum absolute atomic E-state index is 13.6. The molecule has 3 N–H and O–H groups in total. The van der Waals surface area contributed by atoms with Crippen molar-refractivity contribution in [2.24, 2.45) is 5.73 Å². The molecule has 1 aromatic carbocycles. The van der Waals surface area contributed by atoms with Crippen molar-refractivity contribution in [2.75, 3.05) is 25.0 Å². The quantitative estimate of drug-likeness (QED) is 0.880. The van der Waals surface area contributed by atoms with Gasteiger partial charge < -0.3 is 11.1 Å². The zero-order chi connectivity index (χ0) is 14.7. The first-order valence-electron chi connectivity index (χ1n) is 6.38. The van der Waals surface area contributed by atoms with Crippen LogP contribution in [0.15, 0.2) is 16.6 Å². The zero-order valence-electron chi connectivity index (χ0n) is 10.8. The van der Waals surface area contributed by atoms with Gasteiger partial charge in [-0.2, -0.15) is 0 Å². The molecule has 0 aromatic heterocycles. The van der Waals surface area contributed by atoms with Gasteiger partial charge in [-0.15, -0.1) is 0 Å². The fourth-order valence-corrected chi connectivity index (χ4v) is 2.66. The van der Waals surface area contributed by atoms with Crippen LogP contribution in [0.4, 0.5) is 14.5 Å². The summed E-state index contributed by atoms with van der Waals surface area (Å²) in [6.45, 7) is 1.68. The monoisotopic (exact) mass is 347 g/mol. The van der Waals surface area contributed by atoms with Crippen molar-refractivity contribution in [3.05, 3.63) is 28.2 Å². The van der Waals surface area contributed by atoms with E-state index in [0.717, 1.165) is 38.1 Å². The molecule has 1 heterocycles. The highest BCUT2D eigenvalue weighted by molar-refractivity contribution is 9.10. The van der Waals surface area contributed by atoms with Gasteiger partial charge in [0, 0.05) is 29.7 Å². The second-order valence-electron chi connectivity index (χ2n) is 4.91. The van der Waals surface area contributed by atoms with E-state index >= 15 is 0 Å². The topological polar surface area (TPSA) is 58.4 Å². The Morgan fingerprint density at radius 1 is 1.40 bits per heavy atom. The van der Waals surface area contributed by atoms with Crippen LogP contribution in [0.1, 0.15) is 12.8 Å². The van der Waals surface area contributed by atoms with E-state index < -0.39 is 11.6 Å². The van der Waals surface area contributed by atoms with Crippen LogP contribution in [0.5, 0.6) is 0 Å². The third-order valence-corrected chi connectivity index (χ3v) is 3.90. The van der Waals surface area contributed by atoms with Crippen molar-refractivity contribution in [1.29, 1.82) is 0 Å². The Hall–Kier alpha value is -1.05. The first kappa shape index (κ1) is 15.3. The van der Waals surface area contributed by atoms with Crippen LogP contribution in [0.3, 0.4) is 0 Å². The number of piperidine rings is 1. The van der Waals surface area contributed by atoms with Gasteiger partial charge in [-0.3, -0.25) is 9.69 Å². The van der Waals surface area contributed by atoms with Crippen molar-refractivity contribution < 1.29 is 13.6 Å². The minimum absolute atomic E-state index is 0.0369. The molecule has 1 fully saturated rings. The molecule has 1 aliphatic heterocycles. The molecule has 0 bridgehead atoms. The van der Waals surface area contributed by atoms with E-state index in [1.807, 2.05) is 4.90 Å². The number of hydrogen-bond acceptors (Lipinski definition) is 3. The molecule has 0 saturated carbocycles. The molecule has 0 spiro atoms. The van der Waals surface area contributed by atoms with E-state index in [4.69, 9.17) is 5.73 Å². The summed E-state index contributed by atoms with van der Waals surface area (Å²) in [5.74, 6) is -1.82. The average molecular weight is 348 g/mol. The van der Waals surface area contributed by atoms with Gasteiger partial charge in [0.2, 0.25) is 5.91 Å². The lowest BCUT2D eigenvalue weighted by Gasteiger charge is -2.29. The van der Waals surface area contributed by atoms with E-state index in [-0.39, 0.29) is 28.7 Å². The maximum atomic E-state index is 13.6. The SMILES string of the molecule is NC1CCN(CC(=O)Nc2c(F)cc(F)cc2Br)CC1. The molecule has 0 radical (unpaired) electrons. The van der Waals surface area contributed by atoms with Crippen LogP contribution in [-0.4, -0.2) is 36.5 Å². The third-order valence-electron chi connectivity index (χ3n) is 3.27. The number of rotatable bonds is 3. The molecule has 1 amide bonds. The van der Waals surface area contributed by atoms with Crippen molar-refractivity contribution in [3.63, 3.8) is 0 Å². The summed E-state index contributed by atoms with van der Waals surface area (Å²) >= 11 is 3.03. The van der Waals surface area contributed by atoms with Crippen molar-refractivity contribution in [1.82, 2.24) is 4.90 Å². The standard InChI is InChI=1S/C13H16BrF2N3O/c14-10-5-8(15)6-11(16)13(10)18-12(20)7-19-3-1-9(17)2-4-19/h5-6,9H,1-4,7,17H2,(H,18,20). The minimum atomic E-state index is -0.800. The number of likely N-dealkylation sites (tertiary alicyclic amines) is 1. The first-order valence-corrected chi connectivity index (χ1v) is 7.17. The normalized spacial score (nSPS) is 17.2.